The Hall–Kier alpha value is -1.81. The van der Waals surface area contributed by atoms with E-state index in [1.54, 1.807) is 23.7 Å². The van der Waals surface area contributed by atoms with Gasteiger partial charge in [0.15, 0.2) is 0 Å². The average Bonchev–Trinajstić information content (AvgIpc) is 2.88. The van der Waals surface area contributed by atoms with Gasteiger partial charge in [-0.05, 0) is 30.0 Å². The largest absolute Gasteiger partial charge is 0.469 e. The lowest BCUT2D eigenvalue weighted by Crippen LogP contribution is -2.32. The molecule has 1 aliphatic rings. The Morgan fingerprint density at radius 1 is 1.50 bits per heavy atom. The third-order valence-corrected chi connectivity index (χ3v) is 4.47. The van der Waals surface area contributed by atoms with Crippen LogP contribution < -0.4 is 0 Å². The van der Waals surface area contributed by atoms with E-state index < -0.39 is 0 Å². The number of amides is 1. The second-order valence-corrected chi connectivity index (χ2v) is 6.08. The summed E-state index contributed by atoms with van der Waals surface area (Å²) < 4.78 is 5.39. The Balaban J connectivity index is 1.66. The number of rotatable bonds is 6. The van der Waals surface area contributed by atoms with Crippen molar-refractivity contribution in [2.24, 2.45) is 5.92 Å². The standard InChI is InChI=1S/C16H17NO2S/c1-2-7-17(11-12-5-4-9-20-12)16(18)14-10-13(14)15-6-3-8-19-15/h2-6,8-9,13-14H,1,7,10-11H2. The minimum atomic E-state index is 0.0704. The summed E-state index contributed by atoms with van der Waals surface area (Å²) in [6.45, 7) is 5.02. The number of hydrogen-bond donors (Lipinski definition) is 0. The normalized spacial score (nSPS) is 20.6. The van der Waals surface area contributed by atoms with Gasteiger partial charge >= 0.3 is 0 Å². The van der Waals surface area contributed by atoms with Crippen LogP contribution in [0, 0.1) is 5.92 Å². The molecule has 2 unspecified atom stereocenters. The van der Waals surface area contributed by atoms with E-state index in [4.69, 9.17) is 4.42 Å². The van der Waals surface area contributed by atoms with Crippen molar-refractivity contribution in [1.82, 2.24) is 4.90 Å². The maximum Gasteiger partial charge on any atom is 0.227 e. The van der Waals surface area contributed by atoms with Crippen LogP contribution in [0.1, 0.15) is 23.0 Å². The Labute approximate surface area is 122 Å². The van der Waals surface area contributed by atoms with Gasteiger partial charge in [-0.2, -0.15) is 0 Å². The summed E-state index contributed by atoms with van der Waals surface area (Å²) >= 11 is 1.68. The van der Waals surface area contributed by atoms with E-state index >= 15 is 0 Å². The molecule has 1 fully saturated rings. The first-order chi connectivity index (χ1) is 9.79. The molecule has 104 valence electrons. The molecular formula is C16H17NO2S. The van der Waals surface area contributed by atoms with Crippen LogP contribution in [0.25, 0.3) is 0 Å². The monoisotopic (exact) mass is 287 g/mol. The zero-order chi connectivity index (χ0) is 13.9. The molecule has 2 heterocycles. The van der Waals surface area contributed by atoms with Gasteiger partial charge in [-0.3, -0.25) is 4.79 Å². The maximum absolute atomic E-state index is 12.6. The number of furan rings is 1. The van der Waals surface area contributed by atoms with Gasteiger partial charge in [0.2, 0.25) is 5.91 Å². The van der Waals surface area contributed by atoms with E-state index in [1.807, 2.05) is 28.5 Å². The van der Waals surface area contributed by atoms with Crippen molar-refractivity contribution < 1.29 is 9.21 Å². The molecule has 1 saturated carbocycles. The highest BCUT2D eigenvalue weighted by Crippen LogP contribution is 2.48. The highest BCUT2D eigenvalue weighted by molar-refractivity contribution is 7.09. The fourth-order valence-corrected chi connectivity index (χ4v) is 3.22. The van der Waals surface area contributed by atoms with Gasteiger partial charge in [0.1, 0.15) is 5.76 Å². The Morgan fingerprint density at radius 2 is 2.40 bits per heavy atom. The molecule has 1 amide bonds. The second kappa shape index (κ2) is 5.67. The molecule has 0 bridgehead atoms. The minimum absolute atomic E-state index is 0.0704. The lowest BCUT2D eigenvalue weighted by molar-refractivity contribution is -0.132. The third kappa shape index (κ3) is 2.70. The maximum atomic E-state index is 12.6. The summed E-state index contributed by atoms with van der Waals surface area (Å²) in [5.41, 5.74) is 0. The fourth-order valence-electron chi connectivity index (χ4n) is 2.50. The first-order valence-electron chi connectivity index (χ1n) is 6.75. The predicted octanol–water partition coefficient (Wildman–Crippen LogP) is 3.66. The summed E-state index contributed by atoms with van der Waals surface area (Å²) in [7, 11) is 0. The summed E-state index contributed by atoms with van der Waals surface area (Å²) in [6.07, 6.45) is 4.35. The quantitative estimate of drug-likeness (QED) is 0.760. The minimum Gasteiger partial charge on any atom is -0.469 e. The van der Waals surface area contributed by atoms with Crippen LogP contribution in [0.3, 0.4) is 0 Å². The van der Waals surface area contributed by atoms with Crippen LogP contribution in [0.2, 0.25) is 0 Å². The topological polar surface area (TPSA) is 33.5 Å². The number of carbonyl (C=O) groups excluding carboxylic acids is 1. The first-order valence-corrected chi connectivity index (χ1v) is 7.63. The summed E-state index contributed by atoms with van der Waals surface area (Å²) in [5, 5.41) is 2.04. The SMILES string of the molecule is C=CCN(Cc1cccs1)C(=O)C1CC1c1ccco1. The molecule has 0 aliphatic heterocycles. The summed E-state index contributed by atoms with van der Waals surface area (Å²) in [4.78, 5) is 15.7. The van der Waals surface area contributed by atoms with Crippen LogP contribution >= 0.6 is 11.3 Å². The number of thiophene rings is 1. The third-order valence-electron chi connectivity index (χ3n) is 3.60. The molecule has 0 N–H and O–H groups in total. The van der Waals surface area contributed by atoms with Crippen molar-refractivity contribution in [3.05, 3.63) is 59.2 Å². The van der Waals surface area contributed by atoms with Crippen molar-refractivity contribution in [1.29, 1.82) is 0 Å². The van der Waals surface area contributed by atoms with Crippen LogP contribution in [0.15, 0.2) is 53.0 Å². The van der Waals surface area contributed by atoms with Crippen LogP contribution in [0.4, 0.5) is 0 Å². The van der Waals surface area contributed by atoms with E-state index in [-0.39, 0.29) is 17.7 Å². The molecule has 0 aromatic carbocycles. The number of nitrogens with zero attached hydrogens (tertiary/aromatic N) is 1. The Morgan fingerprint density at radius 3 is 3.05 bits per heavy atom. The predicted molar refractivity (Wildman–Crippen MR) is 79.5 cm³/mol. The molecule has 0 spiro atoms. The molecule has 4 heteroatoms. The Bertz CT molecular complexity index is 574. The molecule has 20 heavy (non-hydrogen) atoms. The molecule has 3 nitrogen and oxygen atoms in total. The van der Waals surface area contributed by atoms with Gasteiger partial charge in [0.25, 0.3) is 0 Å². The molecule has 2 aromatic rings. The molecule has 0 saturated heterocycles. The Kier molecular flexibility index (Phi) is 3.74. The lowest BCUT2D eigenvalue weighted by atomic mass is 10.2. The molecular weight excluding hydrogens is 270 g/mol. The van der Waals surface area contributed by atoms with Gasteiger partial charge in [0.05, 0.1) is 12.8 Å². The van der Waals surface area contributed by atoms with Crippen molar-refractivity contribution >= 4 is 17.2 Å². The second-order valence-electron chi connectivity index (χ2n) is 5.05. The summed E-state index contributed by atoms with van der Waals surface area (Å²) in [6, 6.07) is 7.90. The van der Waals surface area contributed by atoms with Gasteiger partial charge in [-0.25, -0.2) is 0 Å². The van der Waals surface area contributed by atoms with E-state index in [0.29, 0.717) is 13.1 Å². The molecule has 2 atom stereocenters. The lowest BCUT2D eigenvalue weighted by Gasteiger charge is -2.20. The average molecular weight is 287 g/mol. The van der Waals surface area contributed by atoms with Gasteiger partial charge in [-0.1, -0.05) is 12.1 Å². The van der Waals surface area contributed by atoms with Gasteiger partial charge < -0.3 is 9.32 Å². The van der Waals surface area contributed by atoms with Crippen molar-refractivity contribution in [2.45, 2.75) is 18.9 Å². The van der Waals surface area contributed by atoms with E-state index in [1.165, 1.54) is 4.88 Å². The number of carbonyl (C=O) groups is 1. The van der Waals surface area contributed by atoms with Gasteiger partial charge in [0, 0.05) is 23.3 Å². The zero-order valence-corrected chi connectivity index (χ0v) is 12.0. The molecule has 0 radical (unpaired) electrons. The number of hydrogen-bond acceptors (Lipinski definition) is 3. The van der Waals surface area contributed by atoms with E-state index in [2.05, 4.69) is 12.6 Å². The zero-order valence-electron chi connectivity index (χ0n) is 11.2. The molecule has 1 aliphatic carbocycles. The smallest absolute Gasteiger partial charge is 0.227 e. The van der Waals surface area contributed by atoms with Gasteiger partial charge in [-0.15, -0.1) is 17.9 Å². The van der Waals surface area contributed by atoms with Crippen molar-refractivity contribution in [3.8, 4) is 0 Å². The highest BCUT2D eigenvalue weighted by Gasteiger charge is 2.47. The van der Waals surface area contributed by atoms with Crippen LogP contribution in [0.5, 0.6) is 0 Å². The van der Waals surface area contributed by atoms with Crippen LogP contribution in [-0.2, 0) is 11.3 Å². The van der Waals surface area contributed by atoms with E-state index in [9.17, 15) is 4.79 Å². The van der Waals surface area contributed by atoms with Crippen molar-refractivity contribution in [2.75, 3.05) is 6.54 Å². The fraction of sp³-hybridized carbons (Fsp3) is 0.312. The summed E-state index contributed by atoms with van der Waals surface area (Å²) in [5.74, 6) is 1.46. The van der Waals surface area contributed by atoms with E-state index in [0.717, 1.165) is 12.2 Å². The molecule has 2 aromatic heterocycles. The van der Waals surface area contributed by atoms with Crippen LogP contribution in [-0.4, -0.2) is 17.4 Å². The van der Waals surface area contributed by atoms with Crippen molar-refractivity contribution in [3.63, 3.8) is 0 Å². The first kappa shape index (κ1) is 13.2. The highest BCUT2D eigenvalue weighted by atomic mass is 32.1. The molecule has 3 rings (SSSR count).